The number of amides is 1. The lowest BCUT2D eigenvalue weighted by atomic mass is 10.3. The van der Waals surface area contributed by atoms with Crippen LogP contribution in [-0.2, 0) is 4.79 Å². The van der Waals surface area contributed by atoms with Gasteiger partial charge in [-0.2, -0.15) is 0 Å². The van der Waals surface area contributed by atoms with Crippen molar-refractivity contribution in [2.45, 2.75) is 13.0 Å². The van der Waals surface area contributed by atoms with Crippen LogP contribution in [0, 0.1) is 5.82 Å². The first-order valence-electron chi connectivity index (χ1n) is 6.81. The summed E-state index contributed by atoms with van der Waals surface area (Å²) in [6.45, 7) is 1.62. The number of hydrogen-bond donors (Lipinski definition) is 1. The highest BCUT2D eigenvalue weighted by atomic mass is 35.5. The van der Waals surface area contributed by atoms with E-state index in [1.165, 1.54) is 23.5 Å². The maximum Gasteiger partial charge on any atom is 0.266 e. The molecule has 4 nitrogen and oxygen atoms in total. The molecule has 0 spiro atoms. The van der Waals surface area contributed by atoms with Crippen molar-refractivity contribution < 1.29 is 13.9 Å². The van der Waals surface area contributed by atoms with Crippen molar-refractivity contribution in [3.05, 3.63) is 53.3 Å². The number of para-hydroxylation sites is 1. The van der Waals surface area contributed by atoms with Crippen molar-refractivity contribution in [2.24, 2.45) is 0 Å². The molecule has 1 unspecified atom stereocenters. The van der Waals surface area contributed by atoms with Gasteiger partial charge in [-0.1, -0.05) is 35.1 Å². The van der Waals surface area contributed by atoms with Gasteiger partial charge >= 0.3 is 0 Å². The zero-order valence-electron chi connectivity index (χ0n) is 12.0. The minimum absolute atomic E-state index is 0.338. The number of carbonyl (C=O) groups excluding carboxylic acids is 1. The Kier molecular flexibility index (Phi) is 4.45. The molecule has 3 rings (SSSR count). The molecule has 0 bridgehead atoms. The molecule has 1 aromatic heterocycles. The number of nitrogens with zero attached hydrogens (tertiary/aromatic N) is 1. The third-order valence-corrected chi connectivity index (χ3v) is 4.34. The topological polar surface area (TPSA) is 51.2 Å². The van der Waals surface area contributed by atoms with Gasteiger partial charge < -0.3 is 4.74 Å². The maximum atomic E-state index is 13.2. The zero-order chi connectivity index (χ0) is 16.4. The fraction of sp³-hybridized carbons (Fsp3) is 0.125. The fourth-order valence-electron chi connectivity index (χ4n) is 1.94. The van der Waals surface area contributed by atoms with Crippen LogP contribution in [0.4, 0.5) is 9.52 Å². The maximum absolute atomic E-state index is 13.2. The summed E-state index contributed by atoms with van der Waals surface area (Å²) in [5.74, 6) is -0.262. The second-order valence-electron chi connectivity index (χ2n) is 4.81. The monoisotopic (exact) mass is 350 g/mol. The Balaban J connectivity index is 1.71. The molecule has 0 aliphatic carbocycles. The quantitative estimate of drug-likeness (QED) is 0.754. The number of thiazole rings is 1. The third kappa shape index (κ3) is 3.60. The van der Waals surface area contributed by atoms with Crippen LogP contribution in [0.2, 0.25) is 5.02 Å². The van der Waals surface area contributed by atoms with Crippen molar-refractivity contribution >= 4 is 44.2 Å². The van der Waals surface area contributed by atoms with Crippen molar-refractivity contribution in [3.63, 3.8) is 0 Å². The summed E-state index contributed by atoms with van der Waals surface area (Å²) in [7, 11) is 0. The smallest absolute Gasteiger partial charge is 0.266 e. The summed E-state index contributed by atoms with van der Waals surface area (Å²) in [4.78, 5) is 16.4. The highest BCUT2D eigenvalue weighted by molar-refractivity contribution is 7.22. The lowest BCUT2D eigenvalue weighted by Gasteiger charge is -2.14. The van der Waals surface area contributed by atoms with Gasteiger partial charge in [-0.3, -0.25) is 10.1 Å². The molecule has 0 aliphatic heterocycles. The minimum atomic E-state index is -0.751. The van der Waals surface area contributed by atoms with Crippen LogP contribution in [0.15, 0.2) is 42.5 Å². The predicted molar refractivity (Wildman–Crippen MR) is 89.7 cm³/mol. The van der Waals surface area contributed by atoms with E-state index in [4.69, 9.17) is 16.3 Å². The van der Waals surface area contributed by atoms with E-state index in [9.17, 15) is 9.18 Å². The van der Waals surface area contributed by atoms with E-state index in [0.29, 0.717) is 26.1 Å². The number of fused-ring (bicyclic) bond motifs is 1. The number of halogens is 2. The molecule has 0 radical (unpaired) electrons. The van der Waals surface area contributed by atoms with Gasteiger partial charge in [0.15, 0.2) is 11.2 Å². The van der Waals surface area contributed by atoms with E-state index >= 15 is 0 Å². The van der Waals surface area contributed by atoms with Crippen LogP contribution in [-0.4, -0.2) is 17.0 Å². The molecule has 1 atom stereocenters. The number of carbonyl (C=O) groups is 1. The molecule has 3 aromatic rings. The van der Waals surface area contributed by atoms with Crippen LogP contribution in [0.5, 0.6) is 5.75 Å². The Morgan fingerprint density at radius 2 is 2.13 bits per heavy atom. The number of ether oxygens (including phenoxy) is 1. The molecule has 7 heteroatoms. The molecular weight excluding hydrogens is 339 g/mol. The van der Waals surface area contributed by atoms with Gasteiger partial charge in [0.1, 0.15) is 11.6 Å². The van der Waals surface area contributed by atoms with Gasteiger partial charge in [-0.15, -0.1) is 0 Å². The summed E-state index contributed by atoms with van der Waals surface area (Å²) in [6.07, 6.45) is -0.751. The van der Waals surface area contributed by atoms with Crippen molar-refractivity contribution in [3.8, 4) is 5.75 Å². The fourth-order valence-corrected chi connectivity index (χ4v) is 3.02. The zero-order valence-corrected chi connectivity index (χ0v) is 13.6. The Morgan fingerprint density at radius 3 is 2.91 bits per heavy atom. The van der Waals surface area contributed by atoms with Crippen LogP contribution in [0.25, 0.3) is 10.2 Å². The molecule has 0 saturated carbocycles. The van der Waals surface area contributed by atoms with Gasteiger partial charge in [0, 0.05) is 0 Å². The van der Waals surface area contributed by atoms with E-state index in [1.807, 2.05) is 0 Å². The van der Waals surface area contributed by atoms with Gasteiger partial charge in [0.25, 0.3) is 5.91 Å². The first kappa shape index (κ1) is 15.7. The van der Waals surface area contributed by atoms with Crippen molar-refractivity contribution in [1.29, 1.82) is 0 Å². The molecule has 1 amide bonds. The van der Waals surface area contributed by atoms with Gasteiger partial charge in [0.05, 0.1) is 15.2 Å². The summed E-state index contributed by atoms with van der Waals surface area (Å²) in [6, 6.07) is 11.2. The lowest BCUT2D eigenvalue weighted by Crippen LogP contribution is -2.30. The largest absolute Gasteiger partial charge is 0.479 e. The van der Waals surface area contributed by atoms with E-state index < -0.39 is 6.10 Å². The standard InChI is InChI=1S/C16H12ClFN2O2S/c1-9(22-13-5-3-2-4-11(13)17)15(21)20-16-19-12-7-6-10(18)8-14(12)23-16/h2-9H,1H3,(H,19,20,21). The Bertz CT molecular complexity index is 868. The number of hydrogen-bond acceptors (Lipinski definition) is 4. The Morgan fingerprint density at radius 1 is 1.35 bits per heavy atom. The number of aromatic nitrogens is 1. The van der Waals surface area contributed by atoms with E-state index in [-0.39, 0.29) is 11.7 Å². The van der Waals surface area contributed by atoms with Crippen LogP contribution in [0.3, 0.4) is 0 Å². The Labute approximate surface area is 140 Å². The molecule has 1 N–H and O–H groups in total. The lowest BCUT2D eigenvalue weighted by molar-refractivity contribution is -0.122. The van der Waals surface area contributed by atoms with Gasteiger partial charge in [-0.05, 0) is 37.3 Å². The van der Waals surface area contributed by atoms with Crippen molar-refractivity contribution in [1.82, 2.24) is 4.98 Å². The summed E-state index contributed by atoms with van der Waals surface area (Å²) < 4.78 is 19.4. The molecule has 0 saturated heterocycles. The molecular formula is C16H12ClFN2O2S. The first-order chi connectivity index (χ1) is 11.0. The average molecular weight is 351 g/mol. The molecule has 23 heavy (non-hydrogen) atoms. The summed E-state index contributed by atoms with van der Waals surface area (Å²) in [5.41, 5.74) is 0.631. The molecule has 0 aliphatic rings. The molecule has 2 aromatic carbocycles. The van der Waals surface area contributed by atoms with E-state index in [0.717, 1.165) is 0 Å². The SMILES string of the molecule is CC(Oc1ccccc1Cl)C(=O)Nc1nc2ccc(F)cc2s1. The Hall–Kier alpha value is -2.18. The summed E-state index contributed by atoms with van der Waals surface area (Å²) in [5, 5.41) is 3.49. The number of anilines is 1. The number of nitrogens with one attached hydrogen (secondary N) is 1. The minimum Gasteiger partial charge on any atom is -0.479 e. The van der Waals surface area contributed by atoms with Crippen molar-refractivity contribution in [2.75, 3.05) is 5.32 Å². The van der Waals surface area contributed by atoms with E-state index in [2.05, 4.69) is 10.3 Å². The van der Waals surface area contributed by atoms with Gasteiger partial charge in [0.2, 0.25) is 0 Å². The average Bonchev–Trinajstić information content (AvgIpc) is 2.90. The van der Waals surface area contributed by atoms with Crippen LogP contribution >= 0.6 is 22.9 Å². The predicted octanol–water partition coefficient (Wildman–Crippen LogP) is 4.49. The highest BCUT2D eigenvalue weighted by Crippen LogP contribution is 2.27. The summed E-state index contributed by atoms with van der Waals surface area (Å²) >= 11 is 7.20. The van der Waals surface area contributed by atoms with Gasteiger partial charge in [-0.25, -0.2) is 9.37 Å². The normalized spacial score (nSPS) is 12.1. The van der Waals surface area contributed by atoms with Crippen LogP contribution in [0.1, 0.15) is 6.92 Å². The number of benzene rings is 2. The van der Waals surface area contributed by atoms with E-state index in [1.54, 1.807) is 37.3 Å². The second-order valence-corrected chi connectivity index (χ2v) is 6.25. The first-order valence-corrected chi connectivity index (χ1v) is 8.00. The number of rotatable bonds is 4. The highest BCUT2D eigenvalue weighted by Gasteiger charge is 2.18. The molecule has 118 valence electrons. The third-order valence-electron chi connectivity index (χ3n) is 3.09. The molecule has 1 heterocycles. The second kappa shape index (κ2) is 6.52. The van der Waals surface area contributed by atoms with Crippen LogP contribution < -0.4 is 10.1 Å². The molecule has 0 fully saturated rings.